The molecule has 0 aromatic carbocycles. The zero-order chi connectivity index (χ0) is 14.1. The average Bonchev–Trinajstić information content (AvgIpc) is 2.38. The maximum Gasteiger partial charge on any atom is 0.341 e. The number of hydrogen-bond donors (Lipinski definition) is 2. The van der Waals surface area contributed by atoms with E-state index in [2.05, 4.69) is 10.3 Å². The van der Waals surface area contributed by atoms with Crippen molar-refractivity contribution in [1.29, 1.82) is 0 Å². The van der Waals surface area contributed by atoms with Crippen molar-refractivity contribution >= 4 is 17.7 Å². The van der Waals surface area contributed by atoms with Gasteiger partial charge in [-0.1, -0.05) is 0 Å². The predicted octanol–water partition coefficient (Wildman–Crippen LogP) is 0.172. The summed E-state index contributed by atoms with van der Waals surface area (Å²) in [5.41, 5.74) is 5.29. The highest BCUT2D eigenvalue weighted by Gasteiger charge is 2.12. The third kappa shape index (κ3) is 5.35. The summed E-state index contributed by atoms with van der Waals surface area (Å²) >= 11 is 0. The lowest BCUT2D eigenvalue weighted by atomic mass is 10.2. The van der Waals surface area contributed by atoms with Crippen LogP contribution in [0.5, 0.6) is 0 Å². The minimum absolute atomic E-state index is 0.130. The minimum atomic E-state index is -0.523. The highest BCUT2D eigenvalue weighted by atomic mass is 16.5. The Kier molecular flexibility index (Phi) is 6.31. The third-order valence-electron chi connectivity index (χ3n) is 2.09. The molecule has 1 aromatic heterocycles. The highest BCUT2D eigenvalue weighted by molar-refractivity contribution is 5.94. The molecule has 1 aromatic rings. The van der Waals surface area contributed by atoms with Crippen molar-refractivity contribution in [2.45, 2.75) is 6.92 Å². The lowest BCUT2D eigenvalue weighted by molar-refractivity contribution is -0.122. The summed E-state index contributed by atoms with van der Waals surface area (Å²) in [6.07, 6.45) is 1.56. The Morgan fingerprint density at radius 2 is 2.26 bits per heavy atom. The summed E-state index contributed by atoms with van der Waals surface area (Å²) in [4.78, 5) is 26.2. The van der Waals surface area contributed by atoms with E-state index in [1.807, 2.05) is 0 Å². The molecule has 0 spiro atoms. The van der Waals surface area contributed by atoms with Gasteiger partial charge in [-0.05, 0) is 19.1 Å². The molecule has 0 aliphatic rings. The molecule has 19 heavy (non-hydrogen) atoms. The molecule has 1 amide bonds. The van der Waals surface area contributed by atoms with E-state index in [0.717, 1.165) is 0 Å². The summed E-state index contributed by atoms with van der Waals surface area (Å²) in [5, 5.41) is 2.94. The maximum absolute atomic E-state index is 11.6. The van der Waals surface area contributed by atoms with Crippen LogP contribution in [-0.2, 0) is 14.3 Å². The van der Waals surface area contributed by atoms with E-state index in [0.29, 0.717) is 24.5 Å². The Bertz CT molecular complexity index is 437. The Hall–Kier alpha value is -2.15. The van der Waals surface area contributed by atoms with Gasteiger partial charge in [0.25, 0.3) is 0 Å². The number of hydrogen-bond acceptors (Lipinski definition) is 6. The van der Waals surface area contributed by atoms with Gasteiger partial charge in [-0.2, -0.15) is 0 Å². The van der Waals surface area contributed by atoms with Crippen LogP contribution in [0.3, 0.4) is 0 Å². The fourth-order valence-electron chi connectivity index (χ4n) is 1.33. The highest BCUT2D eigenvalue weighted by Crippen LogP contribution is 2.12. The lowest BCUT2D eigenvalue weighted by Gasteiger charge is -2.09. The third-order valence-corrected chi connectivity index (χ3v) is 2.09. The van der Waals surface area contributed by atoms with E-state index in [1.165, 1.54) is 0 Å². The molecule has 0 atom stereocenters. The van der Waals surface area contributed by atoms with Gasteiger partial charge in [0.05, 0.1) is 13.2 Å². The van der Waals surface area contributed by atoms with E-state index in [9.17, 15) is 9.59 Å². The molecule has 3 N–H and O–H groups in total. The first-order valence-corrected chi connectivity index (χ1v) is 5.87. The largest absolute Gasteiger partial charge is 0.462 e. The number of nitrogens with zero attached hydrogens (tertiary/aromatic N) is 1. The van der Waals surface area contributed by atoms with Gasteiger partial charge in [-0.25, -0.2) is 9.78 Å². The molecule has 0 radical (unpaired) electrons. The second-order valence-electron chi connectivity index (χ2n) is 3.57. The van der Waals surface area contributed by atoms with E-state index in [4.69, 9.17) is 15.2 Å². The number of primary amides is 1. The molecule has 1 heterocycles. The Labute approximate surface area is 111 Å². The van der Waals surface area contributed by atoms with Crippen LogP contribution in [0.4, 0.5) is 5.82 Å². The van der Waals surface area contributed by atoms with Gasteiger partial charge in [0.15, 0.2) is 0 Å². The number of carbonyl (C=O) groups excluding carboxylic acids is 2. The fourth-order valence-corrected chi connectivity index (χ4v) is 1.33. The smallest absolute Gasteiger partial charge is 0.341 e. The Balaban J connectivity index is 2.49. The summed E-state index contributed by atoms with van der Waals surface area (Å²) in [6, 6.07) is 3.28. The molecule has 1 rings (SSSR count). The molecule has 0 bridgehead atoms. The first-order valence-electron chi connectivity index (χ1n) is 5.87. The number of nitrogens with one attached hydrogen (secondary N) is 1. The van der Waals surface area contributed by atoms with Crippen molar-refractivity contribution in [2.24, 2.45) is 5.73 Å². The van der Waals surface area contributed by atoms with E-state index >= 15 is 0 Å². The van der Waals surface area contributed by atoms with Crippen molar-refractivity contribution in [3.8, 4) is 0 Å². The van der Waals surface area contributed by atoms with Crippen molar-refractivity contribution in [3.63, 3.8) is 0 Å². The lowest BCUT2D eigenvalue weighted by Crippen LogP contribution is -2.21. The van der Waals surface area contributed by atoms with Gasteiger partial charge >= 0.3 is 5.97 Å². The average molecular weight is 267 g/mol. The van der Waals surface area contributed by atoms with Crippen LogP contribution in [-0.4, -0.2) is 43.2 Å². The first-order chi connectivity index (χ1) is 9.15. The topological polar surface area (TPSA) is 104 Å². The minimum Gasteiger partial charge on any atom is -0.462 e. The summed E-state index contributed by atoms with van der Waals surface area (Å²) < 4.78 is 9.90. The van der Waals surface area contributed by atoms with Crippen LogP contribution in [0.2, 0.25) is 0 Å². The van der Waals surface area contributed by atoms with Crippen LogP contribution in [0, 0.1) is 0 Å². The Morgan fingerprint density at radius 3 is 2.95 bits per heavy atom. The number of ether oxygens (including phenoxy) is 2. The predicted molar refractivity (Wildman–Crippen MR) is 68.7 cm³/mol. The molecule has 7 nitrogen and oxygen atoms in total. The van der Waals surface area contributed by atoms with Crippen LogP contribution < -0.4 is 11.1 Å². The number of amides is 1. The van der Waals surface area contributed by atoms with Crippen molar-refractivity contribution in [2.75, 3.05) is 31.7 Å². The molecule has 7 heteroatoms. The second kappa shape index (κ2) is 8.04. The summed E-state index contributed by atoms with van der Waals surface area (Å²) in [7, 11) is 0. The molecule has 0 saturated carbocycles. The second-order valence-corrected chi connectivity index (χ2v) is 3.57. The van der Waals surface area contributed by atoms with Gasteiger partial charge < -0.3 is 20.5 Å². The number of rotatable bonds is 8. The van der Waals surface area contributed by atoms with E-state index < -0.39 is 11.9 Å². The van der Waals surface area contributed by atoms with E-state index in [1.54, 1.807) is 25.3 Å². The van der Waals surface area contributed by atoms with Gasteiger partial charge in [-0.3, -0.25) is 4.79 Å². The van der Waals surface area contributed by atoms with Crippen molar-refractivity contribution in [1.82, 2.24) is 4.98 Å². The molecule has 0 unspecified atom stereocenters. The summed E-state index contributed by atoms with van der Waals surface area (Å²) in [5.74, 6) is -0.537. The molecule has 104 valence electrons. The number of carbonyl (C=O) groups is 2. The van der Waals surface area contributed by atoms with Crippen molar-refractivity contribution in [3.05, 3.63) is 23.9 Å². The van der Waals surface area contributed by atoms with Gasteiger partial charge in [0.2, 0.25) is 5.91 Å². The van der Waals surface area contributed by atoms with Crippen molar-refractivity contribution < 1.29 is 19.1 Å². The van der Waals surface area contributed by atoms with Crippen LogP contribution in [0.25, 0.3) is 0 Å². The van der Waals surface area contributed by atoms with Gasteiger partial charge in [0, 0.05) is 12.7 Å². The van der Waals surface area contributed by atoms with Crippen LogP contribution in [0.1, 0.15) is 17.3 Å². The molecule has 0 fully saturated rings. The molecular weight excluding hydrogens is 250 g/mol. The van der Waals surface area contributed by atoms with Gasteiger partial charge in [0.1, 0.15) is 18.0 Å². The monoisotopic (exact) mass is 267 g/mol. The molecule has 0 aliphatic heterocycles. The normalized spacial score (nSPS) is 9.95. The summed E-state index contributed by atoms with van der Waals surface area (Å²) in [6.45, 7) is 2.58. The first kappa shape index (κ1) is 14.9. The van der Waals surface area contributed by atoms with Crippen LogP contribution in [0.15, 0.2) is 18.3 Å². The fraction of sp³-hybridized carbons (Fsp3) is 0.417. The van der Waals surface area contributed by atoms with Crippen LogP contribution >= 0.6 is 0 Å². The number of pyridine rings is 1. The Morgan fingerprint density at radius 1 is 1.47 bits per heavy atom. The molecule has 0 aliphatic carbocycles. The zero-order valence-corrected chi connectivity index (χ0v) is 10.7. The molecular formula is C12H17N3O4. The maximum atomic E-state index is 11.6. The number of esters is 1. The number of aromatic nitrogens is 1. The van der Waals surface area contributed by atoms with E-state index in [-0.39, 0.29) is 13.2 Å². The number of anilines is 1. The standard InChI is InChI=1S/C12H17N3O4/c1-2-19-12(17)9-4-3-5-14-11(9)15-6-7-18-8-10(13)16/h3-5H,2,6-8H2,1H3,(H2,13,16)(H,14,15). The van der Waals surface area contributed by atoms with Gasteiger partial charge in [-0.15, -0.1) is 0 Å². The zero-order valence-electron chi connectivity index (χ0n) is 10.7. The molecule has 0 saturated heterocycles. The number of nitrogens with two attached hydrogens (primary N) is 1. The quantitative estimate of drug-likeness (QED) is 0.514. The SMILES string of the molecule is CCOC(=O)c1cccnc1NCCOCC(N)=O.